The zero-order valence-electron chi connectivity index (χ0n) is 17.8. The first-order valence-electron chi connectivity index (χ1n) is 9.45. The zero-order chi connectivity index (χ0) is 25.1. The SMILES string of the molecule is CN(c1nccnc1CNc1nc(Nc2ccc(C(N)=O)cc2)ncc1C(F)(F)F)S(C)(=O)=O. The van der Waals surface area contributed by atoms with Gasteiger partial charge in [0.15, 0.2) is 5.82 Å². The normalized spacial score (nSPS) is 11.7. The number of nitrogens with one attached hydrogen (secondary N) is 2. The summed E-state index contributed by atoms with van der Waals surface area (Å²) >= 11 is 0. The molecule has 3 aromatic rings. The van der Waals surface area contributed by atoms with E-state index < -0.39 is 33.5 Å². The largest absolute Gasteiger partial charge is 0.421 e. The van der Waals surface area contributed by atoms with Gasteiger partial charge in [-0.1, -0.05) is 0 Å². The summed E-state index contributed by atoms with van der Waals surface area (Å²) in [6.45, 7) is -0.310. The quantitative estimate of drug-likeness (QED) is 0.425. The zero-order valence-corrected chi connectivity index (χ0v) is 18.6. The first kappa shape index (κ1) is 24.6. The molecule has 3 rings (SSSR count). The van der Waals surface area contributed by atoms with E-state index in [2.05, 4.69) is 30.6 Å². The minimum Gasteiger partial charge on any atom is -0.366 e. The second-order valence-electron chi connectivity index (χ2n) is 6.93. The topological polar surface area (TPSA) is 156 Å². The molecule has 0 saturated heterocycles. The maximum Gasteiger partial charge on any atom is 0.421 e. The van der Waals surface area contributed by atoms with Gasteiger partial charge in [-0.05, 0) is 24.3 Å². The second-order valence-corrected chi connectivity index (χ2v) is 8.94. The number of rotatable bonds is 8. The Morgan fingerprint density at radius 1 is 1.12 bits per heavy atom. The fraction of sp³-hybridized carbons (Fsp3) is 0.211. The molecule has 0 saturated carbocycles. The number of sulfonamides is 1. The number of aromatic nitrogens is 4. The highest BCUT2D eigenvalue weighted by molar-refractivity contribution is 7.92. The molecule has 0 radical (unpaired) electrons. The van der Waals surface area contributed by atoms with E-state index in [1.807, 2.05) is 0 Å². The monoisotopic (exact) mass is 496 g/mol. The van der Waals surface area contributed by atoms with Gasteiger partial charge in [-0.2, -0.15) is 18.2 Å². The molecule has 1 aromatic carbocycles. The molecule has 4 N–H and O–H groups in total. The molecular weight excluding hydrogens is 477 g/mol. The fourth-order valence-corrected chi connectivity index (χ4v) is 3.17. The van der Waals surface area contributed by atoms with E-state index in [9.17, 15) is 26.4 Å². The molecule has 0 aliphatic carbocycles. The summed E-state index contributed by atoms with van der Waals surface area (Å²) < 4.78 is 65.1. The van der Waals surface area contributed by atoms with Crippen molar-refractivity contribution in [3.8, 4) is 0 Å². The highest BCUT2D eigenvalue weighted by atomic mass is 32.2. The number of halogens is 3. The highest BCUT2D eigenvalue weighted by Gasteiger charge is 2.35. The van der Waals surface area contributed by atoms with E-state index in [1.54, 1.807) is 0 Å². The maximum atomic E-state index is 13.5. The van der Waals surface area contributed by atoms with Gasteiger partial charge >= 0.3 is 6.18 Å². The predicted molar refractivity (Wildman–Crippen MR) is 118 cm³/mol. The van der Waals surface area contributed by atoms with Crippen molar-refractivity contribution in [3.05, 3.63) is 59.7 Å². The first-order valence-corrected chi connectivity index (χ1v) is 11.3. The highest BCUT2D eigenvalue weighted by Crippen LogP contribution is 2.34. The van der Waals surface area contributed by atoms with Crippen LogP contribution >= 0.6 is 0 Å². The third kappa shape index (κ3) is 5.86. The number of benzene rings is 1. The van der Waals surface area contributed by atoms with E-state index in [0.29, 0.717) is 11.9 Å². The summed E-state index contributed by atoms with van der Waals surface area (Å²) in [6.07, 6.45) is -0.657. The molecule has 0 unspecified atom stereocenters. The Kier molecular flexibility index (Phi) is 6.85. The second kappa shape index (κ2) is 9.46. The molecule has 2 heterocycles. The molecule has 0 aliphatic heterocycles. The Bertz CT molecular complexity index is 1300. The minimum absolute atomic E-state index is 0.0481. The summed E-state index contributed by atoms with van der Waals surface area (Å²) in [4.78, 5) is 26.8. The number of carbonyl (C=O) groups excluding carboxylic acids is 1. The fourth-order valence-electron chi connectivity index (χ4n) is 2.70. The number of hydrogen-bond donors (Lipinski definition) is 3. The van der Waals surface area contributed by atoms with E-state index in [-0.39, 0.29) is 29.6 Å². The van der Waals surface area contributed by atoms with Crippen molar-refractivity contribution in [2.24, 2.45) is 5.73 Å². The lowest BCUT2D eigenvalue weighted by Gasteiger charge is -2.19. The van der Waals surface area contributed by atoms with Gasteiger partial charge in [-0.15, -0.1) is 0 Å². The molecule has 0 spiro atoms. The van der Waals surface area contributed by atoms with Crippen LogP contribution in [0.15, 0.2) is 42.9 Å². The Hall–Kier alpha value is -4.01. The number of carbonyl (C=O) groups is 1. The molecule has 0 aliphatic rings. The molecule has 1 amide bonds. The molecule has 15 heteroatoms. The average Bonchev–Trinajstić information content (AvgIpc) is 2.76. The van der Waals surface area contributed by atoms with Crippen molar-refractivity contribution >= 4 is 39.2 Å². The molecule has 0 bridgehead atoms. The van der Waals surface area contributed by atoms with Gasteiger partial charge in [-0.25, -0.2) is 18.4 Å². The molecular formula is C19H19F3N8O3S. The number of amides is 1. The van der Waals surface area contributed by atoms with Crippen LogP contribution in [0.4, 0.5) is 36.4 Å². The number of alkyl halides is 3. The van der Waals surface area contributed by atoms with Crippen LogP contribution in [0.2, 0.25) is 0 Å². The lowest BCUT2D eigenvalue weighted by Crippen LogP contribution is -2.27. The number of primary amides is 1. The number of anilines is 4. The number of nitrogens with two attached hydrogens (primary N) is 1. The van der Waals surface area contributed by atoms with Crippen LogP contribution in [-0.4, -0.2) is 47.6 Å². The number of nitrogens with zero attached hydrogens (tertiary/aromatic N) is 5. The molecule has 0 atom stereocenters. The van der Waals surface area contributed by atoms with E-state index in [4.69, 9.17) is 5.73 Å². The van der Waals surface area contributed by atoms with Gasteiger partial charge in [-0.3, -0.25) is 14.1 Å². The lowest BCUT2D eigenvalue weighted by atomic mass is 10.2. The van der Waals surface area contributed by atoms with E-state index in [0.717, 1.165) is 10.6 Å². The van der Waals surface area contributed by atoms with E-state index in [1.165, 1.54) is 43.7 Å². The van der Waals surface area contributed by atoms with Gasteiger partial charge in [0.25, 0.3) is 0 Å². The molecule has 2 aromatic heterocycles. The van der Waals surface area contributed by atoms with Crippen molar-refractivity contribution in [2.45, 2.75) is 12.7 Å². The van der Waals surface area contributed by atoms with Gasteiger partial charge in [0.1, 0.15) is 17.1 Å². The summed E-state index contributed by atoms with van der Waals surface area (Å²) in [5.41, 5.74) is 4.78. The van der Waals surface area contributed by atoms with Crippen LogP contribution in [0.5, 0.6) is 0 Å². The Morgan fingerprint density at radius 2 is 1.76 bits per heavy atom. The van der Waals surface area contributed by atoms with Gasteiger partial charge in [0.2, 0.25) is 21.9 Å². The predicted octanol–water partition coefficient (Wildman–Crippen LogP) is 2.14. The van der Waals surface area contributed by atoms with Crippen LogP contribution in [0.25, 0.3) is 0 Å². The molecule has 0 fully saturated rings. The van der Waals surface area contributed by atoms with Crippen molar-refractivity contribution in [1.29, 1.82) is 0 Å². The summed E-state index contributed by atoms with van der Waals surface area (Å²) in [6, 6.07) is 5.84. The van der Waals surface area contributed by atoms with Crippen molar-refractivity contribution in [1.82, 2.24) is 19.9 Å². The standard InChI is InChI=1S/C19H19F3N8O3S/c1-30(34(2,32)33)17-14(24-7-8-25-17)10-26-16-13(19(20,21)22)9-27-18(29-16)28-12-5-3-11(4-6-12)15(23)31/h3-9H,10H2,1-2H3,(H2,23,31)(H2,26,27,28,29). The Labute approximate surface area is 192 Å². The molecule has 34 heavy (non-hydrogen) atoms. The van der Waals surface area contributed by atoms with E-state index >= 15 is 0 Å². The van der Waals surface area contributed by atoms with Crippen LogP contribution in [-0.2, 0) is 22.7 Å². The number of hydrogen-bond acceptors (Lipinski definition) is 9. The Morgan fingerprint density at radius 3 is 2.35 bits per heavy atom. The third-order valence-corrected chi connectivity index (χ3v) is 5.66. The Balaban J connectivity index is 1.89. The third-order valence-electron chi connectivity index (χ3n) is 4.49. The van der Waals surface area contributed by atoms with Crippen LogP contribution in [0.1, 0.15) is 21.6 Å². The van der Waals surface area contributed by atoms with Crippen molar-refractivity contribution < 1.29 is 26.4 Å². The van der Waals surface area contributed by atoms with Gasteiger partial charge < -0.3 is 16.4 Å². The maximum absolute atomic E-state index is 13.5. The van der Waals surface area contributed by atoms with Crippen molar-refractivity contribution in [3.63, 3.8) is 0 Å². The summed E-state index contributed by atoms with van der Waals surface area (Å²) in [7, 11) is -2.43. The van der Waals surface area contributed by atoms with Gasteiger partial charge in [0, 0.05) is 36.9 Å². The summed E-state index contributed by atoms with van der Waals surface area (Å²) in [5.74, 6) is -1.39. The average molecular weight is 496 g/mol. The lowest BCUT2D eigenvalue weighted by molar-refractivity contribution is -0.137. The van der Waals surface area contributed by atoms with Crippen LogP contribution in [0.3, 0.4) is 0 Å². The molecule has 180 valence electrons. The van der Waals surface area contributed by atoms with Crippen molar-refractivity contribution in [2.75, 3.05) is 28.2 Å². The van der Waals surface area contributed by atoms with Crippen LogP contribution < -0.4 is 20.7 Å². The smallest absolute Gasteiger partial charge is 0.366 e. The minimum atomic E-state index is -4.77. The first-order chi connectivity index (χ1) is 15.9. The van der Waals surface area contributed by atoms with Crippen LogP contribution in [0, 0.1) is 0 Å². The molecule has 11 nitrogen and oxygen atoms in total. The summed E-state index contributed by atoms with van der Waals surface area (Å²) in [5, 5.41) is 5.28. The van der Waals surface area contributed by atoms with Gasteiger partial charge in [0.05, 0.1) is 12.8 Å².